The van der Waals surface area contributed by atoms with E-state index in [0.717, 1.165) is 26.1 Å². The van der Waals surface area contributed by atoms with Crippen LogP contribution in [0.15, 0.2) is 12.3 Å². The Morgan fingerprint density at radius 2 is 2.53 bits per heavy atom. The van der Waals surface area contributed by atoms with Crippen LogP contribution < -0.4 is 5.32 Å². The molecule has 1 aliphatic heterocycles. The Hall–Kier alpha value is -1.00. The number of hydrogen-bond donors (Lipinski definition) is 1. The van der Waals surface area contributed by atoms with Crippen LogP contribution in [0.25, 0.3) is 0 Å². The molecular weight excluding hydrogens is 240 g/mol. The van der Waals surface area contributed by atoms with Gasteiger partial charge < -0.3 is 14.6 Å². The van der Waals surface area contributed by atoms with E-state index in [1.165, 1.54) is 0 Å². The smallest absolute Gasteiger partial charge is 0.267 e. The average Bonchev–Trinajstić information content (AvgIpc) is 2.88. The number of nitrogens with one attached hydrogen (secondary N) is 1. The van der Waals surface area contributed by atoms with Crippen molar-refractivity contribution in [1.82, 2.24) is 9.88 Å². The van der Waals surface area contributed by atoms with Crippen LogP contribution in [0.1, 0.15) is 23.3 Å². The molecule has 0 radical (unpaired) electrons. The zero-order chi connectivity index (χ0) is 12.3. The quantitative estimate of drug-likeness (QED) is 0.893. The highest BCUT2D eigenvalue weighted by molar-refractivity contribution is 6.31. The number of ether oxygens (including phenoxy) is 1. The number of nitrogens with zero attached hydrogens (tertiary/aromatic N) is 1. The molecule has 94 valence electrons. The summed E-state index contributed by atoms with van der Waals surface area (Å²) >= 11 is 5.83. The molecule has 2 rings (SSSR count). The standard InChI is InChI=1S/C12H17ClN2O2/c1-15-7-10(13)6-11(15)12(16)14-4-2-9-3-5-17-8-9/h6-7,9H,2-5,8H2,1H3,(H,14,16). The molecule has 1 fully saturated rings. The summed E-state index contributed by atoms with van der Waals surface area (Å²) in [5.74, 6) is 0.519. The van der Waals surface area contributed by atoms with Crippen LogP contribution in [0.2, 0.25) is 5.02 Å². The van der Waals surface area contributed by atoms with Crippen molar-refractivity contribution >= 4 is 17.5 Å². The van der Waals surface area contributed by atoms with Gasteiger partial charge in [-0.1, -0.05) is 11.6 Å². The summed E-state index contributed by atoms with van der Waals surface area (Å²) in [6.45, 7) is 2.37. The van der Waals surface area contributed by atoms with Crippen molar-refractivity contribution in [2.24, 2.45) is 13.0 Å². The lowest BCUT2D eigenvalue weighted by molar-refractivity contribution is 0.0942. The molecule has 1 aliphatic rings. The van der Waals surface area contributed by atoms with Crippen LogP contribution in [0.5, 0.6) is 0 Å². The second-order valence-corrected chi connectivity index (χ2v) is 4.87. The molecule has 0 spiro atoms. The predicted molar refractivity (Wildman–Crippen MR) is 66.3 cm³/mol. The topological polar surface area (TPSA) is 43.3 Å². The lowest BCUT2D eigenvalue weighted by Gasteiger charge is -2.09. The predicted octanol–water partition coefficient (Wildman–Crippen LogP) is 1.83. The SMILES string of the molecule is Cn1cc(Cl)cc1C(=O)NCCC1CCOC1. The molecule has 0 aromatic carbocycles. The maximum absolute atomic E-state index is 11.8. The van der Waals surface area contributed by atoms with Crippen molar-refractivity contribution in [2.45, 2.75) is 12.8 Å². The van der Waals surface area contributed by atoms with E-state index >= 15 is 0 Å². The Bertz CT molecular complexity index is 397. The number of rotatable bonds is 4. The highest BCUT2D eigenvalue weighted by Crippen LogP contribution is 2.16. The molecule has 1 amide bonds. The van der Waals surface area contributed by atoms with E-state index in [4.69, 9.17) is 16.3 Å². The van der Waals surface area contributed by atoms with Gasteiger partial charge in [0.05, 0.1) is 5.02 Å². The molecule has 17 heavy (non-hydrogen) atoms. The number of amides is 1. The van der Waals surface area contributed by atoms with Gasteiger partial charge in [-0.2, -0.15) is 0 Å². The monoisotopic (exact) mass is 256 g/mol. The first-order chi connectivity index (χ1) is 8.16. The summed E-state index contributed by atoms with van der Waals surface area (Å²) in [6, 6.07) is 1.68. The molecule has 1 aromatic rings. The number of hydrogen-bond acceptors (Lipinski definition) is 2. The van der Waals surface area contributed by atoms with Gasteiger partial charge >= 0.3 is 0 Å². The third-order valence-electron chi connectivity index (χ3n) is 3.07. The third-order valence-corrected chi connectivity index (χ3v) is 3.27. The first-order valence-electron chi connectivity index (χ1n) is 5.84. The van der Waals surface area contributed by atoms with Crippen LogP contribution in [0, 0.1) is 5.92 Å². The van der Waals surface area contributed by atoms with Crippen molar-refractivity contribution in [3.63, 3.8) is 0 Å². The molecular formula is C12H17ClN2O2. The number of halogens is 1. The average molecular weight is 257 g/mol. The molecule has 1 saturated heterocycles. The molecule has 1 unspecified atom stereocenters. The second kappa shape index (κ2) is 5.56. The maximum Gasteiger partial charge on any atom is 0.267 e. The van der Waals surface area contributed by atoms with Crippen molar-refractivity contribution in [3.8, 4) is 0 Å². The Morgan fingerprint density at radius 3 is 3.12 bits per heavy atom. The van der Waals surface area contributed by atoms with E-state index in [0.29, 0.717) is 23.2 Å². The summed E-state index contributed by atoms with van der Waals surface area (Å²) in [7, 11) is 1.81. The van der Waals surface area contributed by atoms with Crippen molar-refractivity contribution < 1.29 is 9.53 Å². The van der Waals surface area contributed by atoms with Gasteiger partial charge in [-0.25, -0.2) is 0 Å². The first-order valence-corrected chi connectivity index (χ1v) is 6.22. The summed E-state index contributed by atoms with van der Waals surface area (Å²) in [4.78, 5) is 11.8. The summed E-state index contributed by atoms with van der Waals surface area (Å²) < 4.78 is 7.02. The molecule has 4 nitrogen and oxygen atoms in total. The van der Waals surface area contributed by atoms with Crippen LogP contribution >= 0.6 is 11.6 Å². The lowest BCUT2D eigenvalue weighted by atomic mass is 10.1. The molecule has 2 heterocycles. The number of aryl methyl sites for hydroxylation is 1. The van der Waals surface area contributed by atoms with E-state index in [-0.39, 0.29) is 5.91 Å². The summed E-state index contributed by atoms with van der Waals surface area (Å²) in [5.41, 5.74) is 0.595. The van der Waals surface area contributed by atoms with E-state index in [1.54, 1.807) is 16.8 Å². The Morgan fingerprint density at radius 1 is 1.71 bits per heavy atom. The van der Waals surface area contributed by atoms with Gasteiger partial charge in [0.2, 0.25) is 0 Å². The van der Waals surface area contributed by atoms with E-state index in [2.05, 4.69) is 5.32 Å². The normalized spacial score (nSPS) is 19.5. The molecule has 5 heteroatoms. The molecule has 1 aromatic heterocycles. The fraction of sp³-hybridized carbons (Fsp3) is 0.583. The minimum absolute atomic E-state index is 0.0710. The van der Waals surface area contributed by atoms with Gasteiger partial charge in [0.1, 0.15) is 5.69 Å². The Labute approximate surface area is 106 Å². The van der Waals surface area contributed by atoms with Gasteiger partial charge in [-0.3, -0.25) is 4.79 Å². The van der Waals surface area contributed by atoms with Crippen LogP contribution in [-0.2, 0) is 11.8 Å². The van der Waals surface area contributed by atoms with Gasteiger partial charge in [-0.15, -0.1) is 0 Å². The second-order valence-electron chi connectivity index (χ2n) is 4.43. The maximum atomic E-state index is 11.8. The fourth-order valence-corrected chi connectivity index (χ4v) is 2.29. The van der Waals surface area contributed by atoms with Crippen molar-refractivity contribution in [2.75, 3.05) is 19.8 Å². The number of carbonyl (C=O) groups excluding carboxylic acids is 1. The highest BCUT2D eigenvalue weighted by Gasteiger charge is 2.16. The van der Waals surface area contributed by atoms with Gasteiger partial charge in [0.15, 0.2) is 0 Å². The Kier molecular flexibility index (Phi) is 4.07. The molecule has 0 saturated carbocycles. The van der Waals surface area contributed by atoms with E-state index in [1.807, 2.05) is 7.05 Å². The third kappa shape index (κ3) is 3.23. The van der Waals surface area contributed by atoms with E-state index < -0.39 is 0 Å². The van der Waals surface area contributed by atoms with Crippen molar-refractivity contribution in [1.29, 1.82) is 0 Å². The summed E-state index contributed by atoms with van der Waals surface area (Å²) in [6.07, 6.45) is 3.80. The van der Waals surface area contributed by atoms with Gasteiger partial charge in [-0.05, 0) is 24.8 Å². The Balaban J connectivity index is 1.78. The van der Waals surface area contributed by atoms with Gasteiger partial charge in [0, 0.05) is 33.0 Å². The van der Waals surface area contributed by atoms with Crippen LogP contribution in [-0.4, -0.2) is 30.2 Å². The highest BCUT2D eigenvalue weighted by atomic mass is 35.5. The minimum atomic E-state index is -0.0710. The van der Waals surface area contributed by atoms with Crippen molar-refractivity contribution in [3.05, 3.63) is 23.0 Å². The number of aromatic nitrogens is 1. The fourth-order valence-electron chi connectivity index (χ4n) is 2.04. The van der Waals surface area contributed by atoms with Crippen LogP contribution in [0.3, 0.4) is 0 Å². The van der Waals surface area contributed by atoms with E-state index in [9.17, 15) is 4.79 Å². The zero-order valence-electron chi connectivity index (χ0n) is 9.91. The molecule has 1 atom stereocenters. The number of carbonyl (C=O) groups is 1. The molecule has 0 aliphatic carbocycles. The lowest BCUT2D eigenvalue weighted by Crippen LogP contribution is -2.27. The largest absolute Gasteiger partial charge is 0.381 e. The minimum Gasteiger partial charge on any atom is -0.381 e. The molecule has 1 N–H and O–H groups in total. The summed E-state index contributed by atoms with van der Waals surface area (Å²) in [5, 5.41) is 3.49. The first kappa shape index (κ1) is 12.5. The zero-order valence-corrected chi connectivity index (χ0v) is 10.7. The van der Waals surface area contributed by atoms with Gasteiger partial charge in [0.25, 0.3) is 5.91 Å². The molecule has 0 bridgehead atoms. The van der Waals surface area contributed by atoms with Crippen LogP contribution in [0.4, 0.5) is 0 Å².